The zero-order chi connectivity index (χ0) is 11.6. The summed E-state index contributed by atoms with van der Waals surface area (Å²) in [4.78, 5) is 11.7. The highest BCUT2D eigenvalue weighted by molar-refractivity contribution is 6.65. The lowest BCUT2D eigenvalue weighted by molar-refractivity contribution is -0.117. The Bertz CT molecular complexity index is 383. The van der Waals surface area contributed by atoms with E-state index in [-0.39, 0.29) is 5.24 Å². The highest BCUT2D eigenvalue weighted by atomic mass is 35.5. The molecule has 1 N–H and O–H groups in total. The first kappa shape index (κ1) is 11.9. The quantitative estimate of drug-likeness (QED) is 0.826. The second-order valence-electron chi connectivity index (χ2n) is 4.11. The normalized spacial score (nSPS) is 19.4. The number of rotatable bonds is 2. The maximum atomic E-state index is 11.7. The van der Waals surface area contributed by atoms with Crippen LogP contribution < -0.4 is 5.32 Å². The maximum Gasteiger partial charge on any atom is 0.232 e. The summed E-state index contributed by atoms with van der Waals surface area (Å²) in [5, 5.41) is 3.65. The van der Waals surface area contributed by atoms with Crippen molar-refractivity contribution in [3.8, 4) is 0 Å². The van der Waals surface area contributed by atoms with Crippen molar-refractivity contribution >= 4 is 28.4 Å². The number of carbonyl (C=O) groups excluding carboxylic acids is 1. The third-order valence-corrected chi connectivity index (χ3v) is 3.84. The Labute approximate surface area is 105 Å². The molecule has 1 fully saturated rings. The molecule has 2 nitrogen and oxygen atoms in total. The Morgan fingerprint density at radius 3 is 2.25 bits per heavy atom. The van der Waals surface area contributed by atoms with Gasteiger partial charge in [-0.1, -0.05) is 23.7 Å². The Morgan fingerprint density at radius 2 is 1.75 bits per heavy atom. The highest BCUT2D eigenvalue weighted by Gasteiger charge is 2.39. The van der Waals surface area contributed by atoms with Gasteiger partial charge >= 0.3 is 0 Å². The van der Waals surface area contributed by atoms with Crippen molar-refractivity contribution in [1.82, 2.24) is 5.32 Å². The predicted octanol–water partition coefficient (Wildman–Crippen LogP) is 2.73. The number of hydrogen-bond acceptors (Lipinski definition) is 2. The summed E-state index contributed by atoms with van der Waals surface area (Å²) in [5.41, 5.74) is 0.440. The van der Waals surface area contributed by atoms with E-state index in [1.54, 1.807) is 12.1 Å². The second kappa shape index (κ2) is 4.74. The SMILES string of the molecule is O=C(Cl)C1(c2ccc(Cl)cc2)CCNCC1. The van der Waals surface area contributed by atoms with Crippen LogP contribution in [-0.4, -0.2) is 18.3 Å². The fourth-order valence-corrected chi connectivity index (χ4v) is 2.65. The van der Waals surface area contributed by atoms with Crippen LogP contribution >= 0.6 is 23.2 Å². The van der Waals surface area contributed by atoms with Gasteiger partial charge in [0, 0.05) is 5.02 Å². The molecule has 0 unspecified atom stereocenters. The molecule has 1 saturated heterocycles. The standard InChI is InChI=1S/C12H13Cl2NO/c13-10-3-1-9(2-4-10)12(11(14)16)5-7-15-8-6-12/h1-4,15H,5-8H2. The Morgan fingerprint density at radius 1 is 1.19 bits per heavy atom. The van der Waals surface area contributed by atoms with Gasteiger partial charge in [0.05, 0.1) is 5.41 Å². The van der Waals surface area contributed by atoms with E-state index in [1.807, 2.05) is 12.1 Å². The van der Waals surface area contributed by atoms with Crippen LogP contribution in [0.2, 0.25) is 5.02 Å². The summed E-state index contributed by atoms with van der Waals surface area (Å²) in [6.45, 7) is 1.64. The van der Waals surface area contributed by atoms with Gasteiger partial charge in [0.25, 0.3) is 0 Å². The zero-order valence-electron chi connectivity index (χ0n) is 8.80. The topological polar surface area (TPSA) is 29.1 Å². The van der Waals surface area contributed by atoms with Crippen LogP contribution in [0.1, 0.15) is 18.4 Å². The van der Waals surface area contributed by atoms with Crippen molar-refractivity contribution in [2.24, 2.45) is 0 Å². The van der Waals surface area contributed by atoms with Gasteiger partial charge < -0.3 is 5.32 Å². The number of halogens is 2. The number of hydrogen-bond donors (Lipinski definition) is 1. The molecule has 0 bridgehead atoms. The monoisotopic (exact) mass is 257 g/mol. The van der Waals surface area contributed by atoms with E-state index in [0.717, 1.165) is 31.5 Å². The molecule has 0 aromatic heterocycles. The maximum absolute atomic E-state index is 11.7. The summed E-state index contributed by atoms with van der Waals surface area (Å²) in [6, 6.07) is 7.41. The van der Waals surface area contributed by atoms with E-state index in [0.29, 0.717) is 5.02 Å². The molecule has 1 aliphatic heterocycles. The van der Waals surface area contributed by atoms with E-state index in [1.165, 1.54) is 0 Å². The minimum absolute atomic E-state index is 0.267. The number of piperidine rings is 1. The summed E-state index contributed by atoms with van der Waals surface area (Å²) in [6.07, 6.45) is 1.49. The van der Waals surface area contributed by atoms with Crippen molar-refractivity contribution < 1.29 is 4.79 Å². The van der Waals surface area contributed by atoms with E-state index < -0.39 is 5.41 Å². The molecule has 86 valence electrons. The fourth-order valence-electron chi connectivity index (χ4n) is 2.22. The molecule has 1 heterocycles. The predicted molar refractivity (Wildman–Crippen MR) is 66.1 cm³/mol. The average molecular weight is 258 g/mol. The molecule has 2 rings (SSSR count). The van der Waals surface area contributed by atoms with Crippen LogP contribution in [0.3, 0.4) is 0 Å². The minimum atomic E-state index is -0.530. The van der Waals surface area contributed by atoms with Gasteiger partial charge in [-0.05, 0) is 55.2 Å². The van der Waals surface area contributed by atoms with Crippen LogP contribution in [-0.2, 0) is 10.2 Å². The Kier molecular flexibility index (Phi) is 3.53. The molecular formula is C12H13Cl2NO. The molecule has 0 atom stereocenters. The summed E-state index contributed by atoms with van der Waals surface area (Å²) in [5.74, 6) is 0. The van der Waals surface area contributed by atoms with Gasteiger partial charge in [0.2, 0.25) is 5.24 Å². The Hall–Kier alpha value is -0.570. The van der Waals surface area contributed by atoms with Crippen molar-refractivity contribution in [2.75, 3.05) is 13.1 Å². The molecule has 0 aliphatic carbocycles. The average Bonchev–Trinajstić information content (AvgIpc) is 2.30. The van der Waals surface area contributed by atoms with Gasteiger partial charge in [0.15, 0.2) is 0 Å². The van der Waals surface area contributed by atoms with Gasteiger partial charge in [-0.25, -0.2) is 0 Å². The molecule has 0 amide bonds. The first-order valence-corrected chi connectivity index (χ1v) is 6.07. The zero-order valence-corrected chi connectivity index (χ0v) is 10.3. The smallest absolute Gasteiger partial charge is 0.232 e. The third kappa shape index (κ3) is 2.10. The molecule has 1 aliphatic rings. The minimum Gasteiger partial charge on any atom is -0.317 e. The first-order chi connectivity index (χ1) is 7.65. The lowest BCUT2D eigenvalue weighted by Gasteiger charge is -2.34. The van der Waals surface area contributed by atoms with Crippen molar-refractivity contribution in [2.45, 2.75) is 18.3 Å². The van der Waals surface area contributed by atoms with Gasteiger partial charge in [0.1, 0.15) is 0 Å². The molecule has 0 radical (unpaired) electrons. The fraction of sp³-hybridized carbons (Fsp3) is 0.417. The lowest BCUT2D eigenvalue weighted by Crippen LogP contribution is -2.43. The number of benzene rings is 1. The van der Waals surface area contributed by atoms with E-state index >= 15 is 0 Å². The molecule has 4 heteroatoms. The highest BCUT2D eigenvalue weighted by Crippen LogP contribution is 2.36. The van der Waals surface area contributed by atoms with Crippen molar-refractivity contribution in [1.29, 1.82) is 0 Å². The molecule has 0 saturated carbocycles. The van der Waals surface area contributed by atoms with Crippen LogP contribution in [0.15, 0.2) is 24.3 Å². The van der Waals surface area contributed by atoms with Crippen LogP contribution in [0, 0.1) is 0 Å². The van der Waals surface area contributed by atoms with E-state index in [4.69, 9.17) is 23.2 Å². The lowest BCUT2D eigenvalue weighted by atomic mass is 9.74. The van der Waals surface area contributed by atoms with Crippen LogP contribution in [0.25, 0.3) is 0 Å². The van der Waals surface area contributed by atoms with Gasteiger partial charge in [-0.3, -0.25) is 4.79 Å². The van der Waals surface area contributed by atoms with Crippen molar-refractivity contribution in [3.05, 3.63) is 34.9 Å². The molecular weight excluding hydrogens is 245 g/mol. The largest absolute Gasteiger partial charge is 0.317 e. The third-order valence-electron chi connectivity index (χ3n) is 3.23. The molecule has 1 aromatic carbocycles. The number of carbonyl (C=O) groups is 1. The Balaban J connectivity index is 2.38. The molecule has 16 heavy (non-hydrogen) atoms. The van der Waals surface area contributed by atoms with Crippen LogP contribution in [0.4, 0.5) is 0 Å². The summed E-state index contributed by atoms with van der Waals surface area (Å²) >= 11 is 11.6. The van der Waals surface area contributed by atoms with Gasteiger partial charge in [-0.2, -0.15) is 0 Å². The number of nitrogens with one attached hydrogen (secondary N) is 1. The molecule has 0 spiro atoms. The van der Waals surface area contributed by atoms with Crippen LogP contribution in [0.5, 0.6) is 0 Å². The van der Waals surface area contributed by atoms with E-state index in [9.17, 15) is 4.79 Å². The molecule has 1 aromatic rings. The second-order valence-corrected chi connectivity index (χ2v) is 4.89. The first-order valence-electron chi connectivity index (χ1n) is 5.32. The summed E-state index contributed by atoms with van der Waals surface area (Å²) < 4.78 is 0. The van der Waals surface area contributed by atoms with E-state index in [2.05, 4.69) is 5.32 Å². The summed E-state index contributed by atoms with van der Waals surface area (Å²) in [7, 11) is 0. The van der Waals surface area contributed by atoms with Crippen molar-refractivity contribution in [3.63, 3.8) is 0 Å². The van der Waals surface area contributed by atoms with Gasteiger partial charge in [-0.15, -0.1) is 0 Å².